The fraction of sp³-hybridized carbons (Fsp3) is 0.455. The minimum Gasteiger partial charge on any atom is -0.478 e. The number of hydrogen-bond acceptors (Lipinski definition) is 4. The van der Waals surface area contributed by atoms with Gasteiger partial charge in [-0.2, -0.15) is 11.8 Å². The van der Waals surface area contributed by atoms with Crippen molar-refractivity contribution in [2.75, 3.05) is 18.1 Å². The van der Waals surface area contributed by atoms with Gasteiger partial charge in [0, 0.05) is 17.5 Å². The van der Waals surface area contributed by atoms with Crippen LogP contribution in [0, 0.1) is 0 Å². The molecule has 2 N–H and O–H groups in total. The second-order valence-electron chi connectivity index (χ2n) is 4.05. The van der Waals surface area contributed by atoms with Gasteiger partial charge < -0.3 is 10.4 Å². The summed E-state index contributed by atoms with van der Waals surface area (Å²) < 4.78 is 0.132. The van der Waals surface area contributed by atoms with Gasteiger partial charge in [-0.05, 0) is 32.2 Å². The molecule has 0 aliphatic carbocycles. The Morgan fingerprint density at radius 3 is 2.69 bits per heavy atom. The van der Waals surface area contributed by atoms with E-state index in [-0.39, 0.29) is 10.3 Å². The van der Waals surface area contributed by atoms with Crippen LogP contribution in [0.1, 0.15) is 24.2 Å². The van der Waals surface area contributed by atoms with Crippen LogP contribution in [0.4, 0.5) is 5.82 Å². The van der Waals surface area contributed by atoms with E-state index in [1.54, 1.807) is 23.9 Å². The average Bonchev–Trinajstić information content (AvgIpc) is 2.27. The van der Waals surface area contributed by atoms with Gasteiger partial charge in [-0.1, -0.05) is 0 Å². The molecule has 0 saturated carbocycles. The van der Waals surface area contributed by atoms with Crippen molar-refractivity contribution in [2.45, 2.75) is 18.6 Å². The summed E-state index contributed by atoms with van der Waals surface area (Å²) in [5.41, 5.74) is 0.203. The number of aromatic nitrogens is 1. The molecule has 5 heteroatoms. The van der Waals surface area contributed by atoms with Crippen molar-refractivity contribution < 1.29 is 9.90 Å². The van der Waals surface area contributed by atoms with E-state index in [0.29, 0.717) is 5.82 Å². The molecule has 0 unspecified atom stereocenters. The first-order valence-electron chi connectivity index (χ1n) is 4.93. The lowest BCUT2D eigenvalue weighted by Gasteiger charge is -2.22. The number of aromatic carboxylic acids is 1. The molecule has 0 amide bonds. The highest BCUT2D eigenvalue weighted by molar-refractivity contribution is 7.99. The van der Waals surface area contributed by atoms with Crippen LogP contribution in [-0.2, 0) is 0 Å². The normalized spacial score (nSPS) is 11.2. The fourth-order valence-corrected chi connectivity index (χ4v) is 1.22. The first kappa shape index (κ1) is 12.8. The van der Waals surface area contributed by atoms with Crippen molar-refractivity contribution in [3.63, 3.8) is 0 Å². The highest BCUT2D eigenvalue weighted by Gasteiger charge is 2.15. The number of pyridine rings is 1. The van der Waals surface area contributed by atoms with Gasteiger partial charge in [0.2, 0.25) is 0 Å². The van der Waals surface area contributed by atoms with Gasteiger partial charge >= 0.3 is 5.97 Å². The SMILES string of the molecule is CSC(C)(C)CNc1ccc(C(=O)O)cn1. The van der Waals surface area contributed by atoms with Crippen LogP contribution < -0.4 is 5.32 Å². The van der Waals surface area contributed by atoms with Crippen molar-refractivity contribution in [1.82, 2.24) is 4.98 Å². The summed E-state index contributed by atoms with van der Waals surface area (Å²) >= 11 is 1.77. The largest absolute Gasteiger partial charge is 0.478 e. The predicted molar refractivity (Wildman–Crippen MR) is 67.3 cm³/mol. The number of nitrogens with one attached hydrogen (secondary N) is 1. The topological polar surface area (TPSA) is 62.2 Å². The highest BCUT2D eigenvalue weighted by atomic mass is 32.2. The Bertz CT molecular complexity index is 363. The van der Waals surface area contributed by atoms with E-state index in [0.717, 1.165) is 6.54 Å². The summed E-state index contributed by atoms with van der Waals surface area (Å²) in [4.78, 5) is 14.6. The minimum absolute atomic E-state index is 0.132. The standard InChI is InChI=1S/C11H16N2O2S/c1-11(2,16-3)7-13-9-5-4-8(6-12-9)10(14)15/h4-6H,7H2,1-3H3,(H,12,13)(H,14,15). The highest BCUT2D eigenvalue weighted by Crippen LogP contribution is 2.21. The number of nitrogens with zero attached hydrogens (tertiary/aromatic N) is 1. The van der Waals surface area contributed by atoms with Crippen LogP contribution in [0.15, 0.2) is 18.3 Å². The summed E-state index contributed by atoms with van der Waals surface area (Å²) in [5, 5.41) is 11.9. The Hall–Kier alpha value is -1.23. The molecule has 88 valence electrons. The fourth-order valence-electron chi connectivity index (χ4n) is 1.00. The molecule has 0 bridgehead atoms. The van der Waals surface area contributed by atoms with Gasteiger partial charge in [0.25, 0.3) is 0 Å². The Kier molecular flexibility index (Phi) is 4.18. The van der Waals surface area contributed by atoms with Crippen LogP contribution in [-0.4, -0.2) is 33.6 Å². The summed E-state index contributed by atoms with van der Waals surface area (Å²) in [6.45, 7) is 5.06. The molecule has 4 nitrogen and oxygen atoms in total. The van der Waals surface area contributed by atoms with Gasteiger partial charge in [-0.15, -0.1) is 0 Å². The van der Waals surface area contributed by atoms with Crippen LogP contribution in [0.3, 0.4) is 0 Å². The molecule has 0 atom stereocenters. The maximum atomic E-state index is 10.6. The van der Waals surface area contributed by atoms with E-state index in [4.69, 9.17) is 5.11 Å². The van der Waals surface area contributed by atoms with Gasteiger partial charge in [-0.3, -0.25) is 0 Å². The van der Waals surface area contributed by atoms with Gasteiger partial charge in [-0.25, -0.2) is 9.78 Å². The van der Waals surface area contributed by atoms with Crippen molar-refractivity contribution in [2.24, 2.45) is 0 Å². The quantitative estimate of drug-likeness (QED) is 0.827. The van der Waals surface area contributed by atoms with Gasteiger partial charge in [0.15, 0.2) is 0 Å². The first-order chi connectivity index (χ1) is 7.44. The lowest BCUT2D eigenvalue weighted by Crippen LogP contribution is -2.26. The summed E-state index contributed by atoms with van der Waals surface area (Å²) in [6.07, 6.45) is 3.42. The molecule has 1 aromatic rings. The van der Waals surface area contributed by atoms with Gasteiger partial charge in [0.05, 0.1) is 5.56 Å². The molecule has 16 heavy (non-hydrogen) atoms. The molecule has 0 saturated heterocycles. The maximum absolute atomic E-state index is 10.6. The van der Waals surface area contributed by atoms with Crippen molar-refractivity contribution in [3.8, 4) is 0 Å². The van der Waals surface area contributed by atoms with Crippen molar-refractivity contribution in [3.05, 3.63) is 23.9 Å². The Morgan fingerprint density at radius 1 is 1.56 bits per heavy atom. The Morgan fingerprint density at radius 2 is 2.25 bits per heavy atom. The molecular weight excluding hydrogens is 224 g/mol. The molecule has 0 spiro atoms. The Balaban J connectivity index is 2.59. The molecular formula is C11H16N2O2S. The van der Waals surface area contributed by atoms with Gasteiger partial charge in [0.1, 0.15) is 5.82 Å². The molecule has 1 aromatic heterocycles. The number of carbonyl (C=O) groups is 1. The molecule has 0 aromatic carbocycles. The molecule has 0 fully saturated rings. The second kappa shape index (κ2) is 5.21. The summed E-state index contributed by atoms with van der Waals surface area (Å²) in [7, 11) is 0. The van der Waals surface area contributed by atoms with Crippen molar-refractivity contribution >= 4 is 23.5 Å². The zero-order valence-electron chi connectivity index (χ0n) is 9.65. The zero-order valence-corrected chi connectivity index (χ0v) is 10.5. The zero-order chi connectivity index (χ0) is 12.2. The third kappa shape index (κ3) is 3.73. The predicted octanol–water partition coefficient (Wildman–Crippen LogP) is 2.33. The number of carboxylic acid groups (broad SMARTS) is 1. The second-order valence-corrected chi connectivity index (χ2v) is 5.57. The van der Waals surface area contributed by atoms with Crippen LogP contribution >= 0.6 is 11.8 Å². The molecule has 0 radical (unpaired) electrons. The smallest absolute Gasteiger partial charge is 0.337 e. The number of carboxylic acids is 1. The monoisotopic (exact) mass is 240 g/mol. The number of anilines is 1. The maximum Gasteiger partial charge on any atom is 0.337 e. The van der Waals surface area contributed by atoms with E-state index in [9.17, 15) is 4.79 Å². The molecule has 0 aliphatic heterocycles. The number of rotatable bonds is 5. The third-order valence-electron chi connectivity index (χ3n) is 2.26. The molecule has 1 heterocycles. The summed E-state index contributed by atoms with van der Waals surface area (Å²) in [5.74, 6) is -0.254. The molecule has 1 rings (SSSR count). The average molecular weight is 240 g/mol. The first-order valence-corrected chi connectivity index (χ1v) is 6.15. The van der Waals surface area contributed by atoms with Crippen LogP contribution in [0.25, 0.3) is 0 Å². The third-order valence-corrected chi connectivity index (χ3v) is 3.51. The number of thioether (sulfide) groups is 1. The van der Waals surface area contributed by atoms with E-state index in [2.05, 4.69) is 30.4 Å². The van der Waals surface area contributed by atoms with E-state index in [1.165, 1.54) is 6.20 Å². The van der Waals surface area contributed by atoms with Crippen LogP contribution in [0.2, 0.25) is 0 Å². The Labute approximate surface area is 99.5 Å². The number of hydrogen-bond donors (Lipinski definition) is 2. The van der Waals surface area contributed by atoms with E-state index >= 15 is 0 Å². The van der Waals surface area contributed by atoms with E-state index in [1.807, 2.05) is 0 Å². The van der Waals surface area contributed by atoms with E-state index < -0.39 is 5.97 Å². The molecule has 0 aliphatic rings. The lowest BCUT2D eigenvalue weighted by atomic mass is 10.2. The lowest BCUT2D eigenvalue weighted by molar-refractivity contribution is 0.0696. The van der Waals surface area contributed by atoms with Crippen molar-refractivity contribution in [1.29, 1.82) is 0 Å². The minimum atomic E-state index is -0.955. The van der Waals surface area contributed by atoms with Crippen LogP contribution in [0.5, 0.6) is 0 Å². The summed E-state index contributed by atoms with van der Waals surface area (Å²) in [6, 6.07) is 3.23.